The first-order chi connectivity index (χ1) is 14.4. The molecule has 0 spiro atoms. The Kier molecular flexibility index (Phi) is 5.01. The predicted molar refractivity (Wildman–Crippen MR) is 120 cm³/mol. The van der Waals surface area contributed by atoms with Crippen molar-refractivity contribution in [1.29, 1.82) is 0 Å². The molecule has 1 N–H and O–H groups in total. The first-order valence-corrected chi connectivity index (χ1v) is 10.4. The Balaban J connectivity index is 1.62. The van der Waals surface area contributed by atoms with Crippen molar-refractivity contribution in [3.8, 4) is 0 Å². The zero-order valence-electron chi connectivity index (χ0n) is 16.5. The summed E-state index contributed by atoms with van der Waals surface area (Å²) in [5.41, 5.74) is 6.03. The maximum atomic E-state index is 4.73. The van der Waals surface area contributed by atoms with Crippen molar-refractivity contribution in [2.45, 2.75) is 12.5 Å². The Morgan fingerprint density at radius 3 is 2.24 bits per heavy atom. The Morgan fingerprint density at radius 1 is 0.793 bits per heavy atom. The second kappa shape index (κ2) is 8.10. The van der Waals surface area contributed by atoms with Gasteiger partial charge in [0.2, 0.25) is 0 Å². The van der Waals surface area contributed by atoms with E-state index in [1.54, 1.807) is 0 Å². The van der Waals surface area contributed by atoms with Gasteiger partial charge >= 0.3 is 0 Å². The van der Waals surface area contributed by atoms with Gasteiger partial charge in [0, 0.05) is 25.3 Å². The largest absolute Gasteiger partial charge is 0.370 e. The fraction of sp³-hybridized carbons (Fsp3) is 0.240. The number of rotatable bonds is 4. The topological polar surface area (TPSA) is 33.1 Å². The highest BCUT2D eigenvalue weighted by atomic mass is 15.2. The molecule has 146 valence electrons. The lowest BCUT2D eigenvalue weighted by Crippen LogP contribution is -2.27. The van der Waals surface area contributed by atoms with Gasteiger partial charge in [0.25, 0.3) is 0 Å². The predicted octanol–water partition coefficient (Wildman–Crippen LogP) is 4.47. The Hall–Kier alpha value is -3.11. The van der Waals surface area contributed by atoms with Gasteiger partial charge in [-0.05, 0) is 42.3 Å². The number of hydrogen-bond acceptors (Lipinski definition) is 3. The number of nitrogens with one attached hydrogen (secondary N) is 1. The number of aromatic nitrogens is 2. The van der Waals surface area contributed by atoms with Crippen molar-refractivity contribution in [3.05, 3.63) is 96.3 Å². The maximum absolute atomic E-state index is 4.73. The summed E-state index contributed by atoms with van der Waals surface area (Å²) in [6.45, 7) is 4.27. The van der Waals surface area contributed by atoms with E-state index >= 15 is 0 Å². The summed E-state index contributed by atoms with van der Waals surface area (Å²) < 4.78 is 2.32. The van der Waals surface area contributed by atoms with Crippen molar-refractivity contribution in [2.24, 2.45) is 0 Å². The third-order valence-electron chi connectivity index (χ3n) is 5.77. The van der Waals surface area contributed by atoms with Crippen molar-refractivity contribution >= 4 is 16.7 Å². The summed E-state index contributed by atoms with van der Waals surface area (Å²) in [7, 11) is 0. The van der Waals surface area contributed by atoms with E-state index in [1.165, 1.54) is 28.8 Å². The Morgan fingerprint density at radius 2 is 1.52 bits per heavy atom. The van der Waals surface area contributed by atoms with Crippen molar-refractivity contribution < 1.29 is 0 Å². The van der Waals surface area contributed by atoms with Crippen LogP contribution in [-0.2, 0) is 0 Å². The Labute approximate surface area is 171 Å². The van der Waals surface area contributed by atoms with Gasteiger partial charge in [-0.2, -0.15) is 0 Å². The van der Waals surface area contributed by atoms with Crippen molar-refractivity contribution in [1.82, 2.24) is 14.9 Å². The molecular weight excluding hydrogens is 356 g/mol. The Bertz CT molecular complexity index is 1020. The number of imidazole rings is 1. The number of hydrogen-bond donors (Lipinski definition) is 1. The van der Waals surface area contributed by atoms with Gasteiger partial charge < -0.3 is 14.8 Å². The normalized spacial score (nSPS) is 15.0. The van der Waals surface area contributed by atoms with E-state index in [1.807, 2.05) is 6.33 Å². The van der Waals surface area contributed by atoms with E-state index in [4.69, 9.17) is 4.98 Å². The van der Waals surface area contributed by atoms with E-state index in [0.29, 0.717) is 0 Å². The first-order valence-electron chi connectivity index (χ1n) is 10.4. The molecule has 1 aliphatic rings. The molecule has 1 aliphatic heterocycles. The summed E-state index contributed by atoms with van der Waals surface area (Å²) in [5.74, 6) is 0. The smallest absolute Gasteiger partial charge is 0.0966 e. The third-order valence-corrected chi connectivity index (χ3v) is 5.77. The third kappa shape index (κ3) is 3.64. The van der Waals surface area contributed by atoms with Crippen LogP contribution in [0.3, 0.4) is 0 Å². The van der Waals surface area contributed by atoms with Crippen LogP contribution in [0.1, 0.15) is 23.6 Å². The van der Waals surface area contributed by atoms with E-state index < -0.39 is 0 Å². The monoisotopic (exact) mass is 382 g/mol. The average Bonchev–Trinajstić information content (AvgIpc) is 3.00. The van der Waals surface area contributed by atoms with Gasteiger partial charge in [-0.15, -0.1) is 0 Å². The number of anilines is 1. The molecule has 4 heteroatoms. The number of fused-ring (bicyclic) bond motifs is 1. The van der Waals surface area contributed by atoms with Crippen LogP contribution in [0.5, 0.6) is 0 Å². The second-order valence-electron chi connectivity index (χ2n) is 7.64. The molecule has 0 bridgehead atoms. The molecule has 0 radical (unpaired) electrons. The maximum Gasteiger partial charge on any atom is 0.0966 e. The minimum absolute atomic E-state index is 0.100. The van der Waals surface area contributed by atoms with Crippen LogP contribution < -0.4 is 10.2 Å². The fourth-order valence-corrected chi connectivity index (χ4v) is 4.31. The summed E-state index contributed by atoms with van der Waals surface area (Å²) in [4.78, 5) is 7.21. The molecule has 0 atom stereocenters. The highest BCUT2D eigenvalue weighted by Gasteiger charge is 2.19. The summed E-state index contributed by atoms with van der Waals surface area (Å²) in [6.07, 6.45) is 3.16. The highest BCUT2D eigenvalue weighted by Crippen LogP contribution is 2.31. The number of benzene rings is 3. The van der Waals surface area contributed by atoms with Gasteiger partial charge in [-0.3, -0.25) is 0 Å². The molecule has 0 unspecified atom stereocenters. The first kappa shape index (κ1) is 18.0. The van der Waals surface area contributed by atoms with Crippen molar-refractivity contribution in [3.63, 3.8) is 0 Å². The molecule has 29 heavy (non-hydrogen) atoms. The highest BCUT2D eigenvalue weighted by molar-refractivity contribution is 5.80. The minimum atomic E-state index is 0.100. The van der Waals surface area contributed by atoms with E-state index in [0.717, 1.165) is 31.7 Å². The lowest BCUT2D eigenvalue weighted by atomic mass is 9.98. The summed E-state index contributed by atoms with van der Waals surface area (Å²) >= 11 is 0. The molecule has 0 aliphatic carbocycles. The van der Waals surface area contributed by atoms with Crippen molar-refractivity contribution in [2.75, 3.05) is 31.1 Å². The summed E-state index contributed by atoms with van der Waals surface area (Å²) in [6, 6.07) is 28.2. The van der Waals surface area contributed by atoms with E-state index in [2.05, 4.69) is 93.6 Å². The fourth-order valence-electron chi connectivity index (χ4n) is 4.31. The quantitative estimate of drug-likeness (QED) is 0.565. The van der Waals surface area contributed by atoms with Crippen LogP contribution in [0, 0.1) is 0 Å². The molecule has 1 aromatic heterocycles. The minimum Gasteiger partial charge on any atom is -0.370 e. The molecule has 1 saturated heterocycles. The average molecular weight is 383 g/mol. The SMILES string of the molecule is c1ccc(C(c2ccccc2)n2cnc3ccc(N4CCCNCC4)cc32)cc1. The second-order valence-corrected chi connectivity index (χ2v) is 7.64. The van der Waals surface area contributed by atoms with Crippen LogP contribution in [0.25, 0.3) is 11.0 Å². The van der Waals surface area contributed by atoms with Gasteiger partial charge in [-0.1, -0.05) is 60.7 Å². The molecular formula is C25H26N4. The van der Waals surface area contributed by atoms with Gasteiger partial charge in [0.05, 0.1) is 23.4 Å². The molecule has 0 amide bonds. The van der Waals surface area contributed by atoms with Crippen LogP contribution in [0.4, 0.5) is 5.69 Å². The molecule has 4 nitrogen and oxygen atoms in total. The molecule has 3 aromatic carbocycles. The van der Waals surface area contributed by atoms with Crippen LogP contribution in [0.2, 0.25) is 0 Å². The molecule has 5 rings (SSSR count). The van der Waals surface area contributed by atoms with Gasteiger partial charge in [-0.25, -0.2) is 4.98 Å². The number of nitrogens with zero attached hydrogens (tertiary/aromatic N) is 3. The van der Waals surface area contributed by atoms with Crippen LogP contribution >= 0.6 is 0 Å². The molecule has 1 fully saturated rings. The lowest BCUT2D eigenvalue weighted by Gasteiger charge is -2.24. The van der Waals surface area contributed by atoms with E-state index in [9.17, 15) is 0 Å². The van der Waals surface area contributed by atoms with Crippen LogP contribution in [-0.4, -0.2) is 35.7 Å². The zero-order valence-corrected chi connectivity index (χ0v) is 16.5. The standard InChI is InChI=1S/C25H26N4/c1-3-8-20(9-4-1)25(21-10-5-2-6-11-21)29-19-27-23-13-12-22(18-24(23)29)28-16-7-14-26-15-17-28/h1-6,8-13,18-19,25-26H,7,14-17H2. The lowest BCUT2D eigenvalue weighted by molar-refractivity contribution is 0.697. The van der Waals surface area contributed by atoms with E-state index in [-0.39, 0.29) is 6.04 Å². The molecule has 2 heterocycles. The summed E-state index contributed by atoms with van der Waals surface area (Å²) in [5, 5.41) is 3.49. The molecule has 4 aromatic rings. The zero-order chi connectivity index (χ0) is 19.5. The molecule has 0 saturated carbocycles. The van der Waals surface area contributed by atoms with Gasteiger partial charge in [0.15, 0.2) is 0 Å². The van der Waals surface area contributed by atoms with Crippen LogP contribution in [0.15, 0.2) is 85.2 Å². The van der Waals surface area contributed by atoms with Gasteiger partial charge in [0.1, 0.15) is 0 Å².